The largest absolute Gasteiger partial charge is 0.497 e. The third kappa shape index (κ3) is 4.14. The van der Waals surface area contributed by atoms with Crippen LogP contribution in [0.4, 0.5) is 0 Å². The number of hydrogen-bond donors (Lipinski definition) is 0. The van der Waals surface area contributed by atoms with Crippen LogP contribution in [0.15, 0.2) is 40.9 Å². The molecule has 2 rings (SSSR count). The number of rotatable bonds is 6. The number of esters is 1. The van der Waals surface area contributed by atoms with Gasteiger partial charge in [0, 0.05) is 15.6 Å². The smallest absolute Gasteiger partial charge is 0.339 e. The monoisotopic (exact) mass is 392 g/mol. The van der Waals surface area contributed by atoms with Gasteiger partial charge in [-0.05, 0) is 59.3 Å². The van der Waals surface area contributed by atoms with Crippen molar-refractivity contribution >= 4 is 27.7 Å². The molecule has 0 spiro atoms. The van der Waals surface area contributed by atoms with E-state index in [0.29, 0.717) is 32.7 Å². The van der Waals surface area contributed by atoms with Gasteiger partial charge in [-0.3, -0.25) is 4.79 Å². The quantitative estimate of drug-likeness (QED) is 0.548. The van der Waals surface area contributed by atoms with E-state index in [9.17, 15) is 9.59 Å². The first kappa shape index (κ1) is 18.0. The van der Waals surface area contributed by atoms with E-state index >= 15 is 0 Å². The number of carbonyl (C=O) groups is 2. The summed E-state index contributed by atoms with van der Waals surface area (Å²) in [7, 11) is 3.04. The van der Waals surface area contributed by atoms with Crippen LogP contribution in [-0.4, -0.2) is 26.0 Å². The molecule has 0 aliphatic heterocycles. The average molecular weight is 393 g/mol. The van der Waals surface area contributed by atoms with Crippen LogP contribution >= 0.6 is 15.9 Å². The molecule has 0 bridgehead atoms. The first-order valence-electron chi connectivity index (χ1n) is 7.14. The Hall–Kier alpha value is -2.34. The lowest BCUT2D eigenvalue weighted by atomic mass is 10.1. The first-order chi connectivity index (χ1) is 11.5. The number of benzene rings is 2. The molecule has 0 aliphatic carbocycles. The highest BCUT2D eigenvalue weighted by molar-refractivity contribution is 9.10. The van der Waals surface area contributed by atoms with Crippen molar-refractivity contribution in [1.82, 2.24) is 0 Å². The summed E-state index contributed by atoms with van der Waals surface area (Å²) in [6, 6.07) is 10.1. The Kier molecular flexibility index (Phi) is 5.98. The molecule has 126 valence electrons. The lowest BCUT2D eigenvalue weighted by Crippen LogP contribution is -2.08. The highest BCUT2D eigenvalue weighted by Crippen LogP contribution is 2.25. The molecule has 0 radical (unpaired) electrons. The molecule has 0 heterocycles. The van der Waals surface area contributed by atoms with Gasteiger partial charge in [-0.2, -0.15) is 0 Å². The highest BCUT2D eigenvalue weighted by atomic mass is 79.9. The molecular formula is C18H17BrO5. The molecule has 0 saturated heterocycles. The second kappa shape index (κ2) is 7.97. The Morgan fingerprint density at radius 1 is 1.04 bits per heavy atom. The summed E-state index contributed by atoms with van der Waals surface area (Å²) >= 11 is 3.32. The fourth-order valence-corrected chi connectivity index (χ4v) is 2.53. The van der Waals surface area contributed by atoms with Crippen molar-refractivity contribution in [3.05, 3.63) is 57.6 Å². The molecule has 0 saturated carbocycles. The Bertz CT molecular complexity index is 770. The summed E-state index contributed by atoms with van der Waals surface area (Å²) in [5.74, 6) is 0.538. The van der Waals surface area contributed by atoms with Crippen LogP contribution in [0.3, 0.4) is 0 Å². The van der Waals surface area contributed by atoms with Gasteiger partial charge in [0.1, 0.15) is 18.1 Å². The van der Waals surface area contributed by atoms with Crippen molar-refractivity contribution in [3.8, 4) is 11.5 Å². The normalized spacial score (nSPS) is 10.2. The number of halogens is 1. The maximum Gasteiger partial charge on any atom is 0.339 e. The standard InChI is InChI=1S/C18H17BrO5/c1-11(20)12-4-7-17(23-3)13(8-12)10-24-18(21)15-9-14(22-2)5-6-16(15)19/h4-9H,10H2,1-3H3. The summed E-state index contributed by atoms with van der Waals surface area (Å²) in [5, 5.41) is 0. The maximum absolute atomic E-state index is 12.3. The zero-order chi connectivity index (χ0) is 17.7. The van der Waals surface area contributed by atoms with Crippen LogP contribution in [0.5, 0.6) is 11.5 Å². The average Bonchev–Trinajstić information content (AvgIpc) is 2.59. The number of methoxy groups -OCH3 is 2. The summed E-state index contributed by atoms with van der Waals surface area (Å²) in [5.41, 5.74) is 1.51. The molecule has 0 aromatic heterocycles. The lowest BCUT2D eigenvalue weighted by molar-refractivity contribution is 0.0468. The summed E-state index contributed by atoms with van der Waals surface area (Å²) < 4.78 is 16.3. The second-order valence-corrected chi connectivity index (χ2v) is 5.86. The summed E-state index contributed by atoms with van der Waals surface area (Å²) in [6.45, 7) is 1.47. The number of hydrogen-bond acceptors (Lipinski definition) is 5. The zero-order valence-electron chi connectivity index (χ0n) is 13.6. The van der Waals surface area contributed by atoms with E-state index in [-0.39, 0.29) is 12.4 Å². The van der Waals surface area contributed by atoms with Gasteiger partial charge in [-0.1, -0.05) is 0 Å². The van der Waals surface area contributed by atoms with E-state index in [2.05, 4.69) is 15.9 Å². The SMILES string of the molecule is COc1ccc(Br)c(C(=O)OCc2cc(C(C)=O)ccc2OC)c1. The van der Waals surface area contributed by atoms with Crippen molar-refractivity contribution < 1.29 is 23.8 Å². The van der Waals surface area contributed by atoms with E-state index < -0.39 is 5.97 Å². The van der Waals surface area contributed by atoms with Crippen molar-refractivity contribution in [3.63, 3.8) is 0 Å². The van der Waals surface area contributed by atoms with E-state index in [1.165, 1.54) is 21.1 Å². The van der Waals surface area contributed by atoms with Gasteiger partial charge in [-0.25, -0.2) is 4.79 Å². The Labute approximate surface area is 148 Å². The van der Waals surface area contributed by atoms with Crippen molar-refractivity contribution in [2.45, 2.75) is 13.5 Å². The third-order valence-corrected chi connectivity index (χ3v) is 4.13. The van der Waals surface area contributed by atoms with Gasteiger partial charge in [-0.15, -0.1) is 0 Å². The molecule has 2 aromatic carbocycles. The van der Waals surface area contributed by atoms with Gasteiger partial charge in [0.05, 0.1) is 19.8 Å². The predicted molar refractivity (Wildman–Crippen MR) is 92.8 cm³/mol. The molecule has 5 nitrogen and oxygen atoms in total. The second-order valence-electron chi connectivity index (χ2n) is 5.00. The van der Waals surface area contributed by atoms with Crippen LogP contribution in [0.1, 0.15) is 33.2 Å². The van der Waals surface area contributed by atoms with Gasteiger partial charge in [0.25, 0.3) is 0 Å². The molecule has 24 heavy (non-hydrogen) atoms. The minimum absolute atomic E-state index is 0.00717. The van der Waals surface area contributed by atoms with E-state index in [4.69, 9.17) is 14.2 Å². The zero-order valence-corrected chi connectivity index (χ0v) is 15.2. The van der Waals surface area contributed by atoms with Crippen LogP contribution in [-0.2, 0) is 11.3 Å². The van der Waals surface area contributed by atoms with Crippen molar-refractivity contribution in [1.29, 1.82) is 0 Å². The highest BCUT2D eigenvalue weighted by Gasteiger charge is 2.15. The van der Waals surface area contributed by atoms with E-state index in [1.807, 2.05) is 0 Å². The molecule has 6 heteroatoms. The number of carbonyl (C=O) groups excluding carboxylic acids is 2. The van der Waals surface area contributed by atoms with Gasteiger partial charge < -0.3 is 14.2 Å². The molecule has 0 aliphatic rings. The Morgan fingerprint density at radius 2 is 1.79 bits per heavy atom. The van der Waals surface area contributed by atoms with Gasteiger partial charge >= 0.3 is 5.97 Å². The van der Waals surface area contributed by atoms with Gasteiger partial charge in [0.2, 0.25) is 0 Å². The minimum atomic E-state index is -0.504. The molecule has 0 unspecified atom stereocenters. The molecular weight excluding hydrogens is 376 g/mol. The molecule has 0 atom stereocenters. The van der Waals surface area contributed by atoms with Crippen LogP contribution in [0.25, 0.3) is 0 Å². The van der Waals surface area contributed by atoms with Crippen LogP contribution in [0.2, 0.25) is 0 Å². The molecule has 0 N–H and O–H groups in total. The Balaban J connectivity index is 2.20. The van der Waals surface area contributed by atoms with E-state index in [1.54, 1.807) is 36.4 Å². The molecule has 2 aromatic rings. The van der Waals surface area contributed by atoms with Crippen LogP contribution in [0, 0.1) is 0 Å². The van der Waals surface area contributed by atoms with E-state index in [0.717, 1.165) is 0 Å². The van der Waals surface area contributed by atoms with Gasteiger partial charge in [0.15, 0.2) is 5.78 Å². The summed E-state index contributed by atoms with van der Waals surface area (Å²) in [6.07, 6.45) is 0. The van der Waals surface area contributed by atoms with Crippen molar-refractivity contribution in [2.24, 2.45) is 0 Å². The minimum Gasteiger partial charge on any atom is -0.497 e. The number of Topliss-reactive ketones (excluding diaryl/α,β-unsaturated/α-hetero) is 1. The summed E-state index contributed by atoms with van der Waals surface area (Å²) in [4.78, 5) is 23.8. The Morgan fingerprint density at radius 3 is 2.42 bits per heavy atom. The fourth-order valence-electron chi connectivity index (χ4n) is 2.12. The number of ketones is 1. The number of ether oxygens (including phenoxy) is 3. The van der Waals surface area contributed by atoms with Crippen molar-refractivity contribution in [2.75, 3.05) is 14.2 Å². The first-order valence-corrected chi connectivity index (χ1v) is 7.94. The lowest BCUT2D eigenvalue weighted by Gasteiger charge is -2.11. The fraction of sp³-hybridized carbons (Fsp3) is 0.222. The molecule has 0 amide bonds. The maximum atomic E-state index is 12.3. The van der Waals surface area contributed by atoms with Crippen LogP contribution < -0.4 is 9.47 Å². The topological polar surface area (TPSA) is 61.8 Å². The predicted octanol–water partition coefficient (Wildman–Crippen LogP) is 4.03. The molecule has 0 fully saturated rings. The third-order valence-electron chi connectivity index (χ3n) is 3.44.